The van der Waals surface area contributed by atoms with Crippen LogP contribution in [0.5, 0.6) is 0 Å². The van der Waals surface area contributed by atoms with E-state index in [9.17, 15) is 4.79 Å². The van der Waals surface area contributed by atoms with Crippen molar-refractivity contribution in [1.29, 1.82) is 0 Å². The Labute approximate surface area is 103 Å². The molecule has 0 saturated heterocycles. The van der Waals surface area contributed by atoms with Crippen molar-refractivity contribution in [3.8, 4) is 0 Å². The highest BCUT2D eigenvalue weighted by Gasteiger charge is 2.19. The SMILES string of the molecule is CCN(CC)CCOC(=O)C(C)c1ccco1. The van der Waals surface area contributed by atoms with Crippen LogP contribution < -0.4 is 0 Å². The first-order valence-corrected chi connectivity index (χ1v) is 6.11. The Morgan fingerprint density at radius 3 is 2.71 bits per heavy atom. The molecule has 0 spiro atoms. The zero-order valence-electron chi connectivity index (χ0n) is 10.8. The number of carbonyl (C=O) groups excluding carboxylic acids is 1. The molecule has 1 rings (SSSR count). The standard InChI is InChI=1S/C13H21NO3/c1-4-14(5-2)8-10-17-13(15)11(3)12-7-6-9-16-12/h6-7,9,11H,4-5,8,10H2,1-3H3. The van der Waals surface area contributed by atoms with E-state index in [4.69, 9.17) is 9.15 Å². The molecule has 17 heavy (non-hydrogen) atoms. The first-order chi connectivity index (χ1) is 8.19. The van der Waals surface area contributed by atoms with E-state index >= 15 is 0 Å². The number of esters is 1. The first kappa shape index (κ1) is 13.8. The highest BCUT2D eigenvalue weighted by molar-refractivity contribution is 5.76. The summed E-state index contributed by atoms with van der Waals surface area (Å²) < 4.78 is 10.4. The maximum atomic E-state index is 11.7. The largest absolute Gasteiger partial charge is 0.468 e. The number of nitrogens with zero attached hydrogens (tertiary/aromatic N) is 1. The quantitative estimate of drug-likeness (QED) is 0.685. The average molecular weight is 239 g/mol. The summed E-state index contributed by atoms with van der Waals surface area (Å²) in [5, 5.41) is 0. The molecule has 0 bridgehead atoms. The van der Waals surface area contributed by atoms with Crippen molar-refractivity contribution in [2.75, 3.05) is 26.2 Å². The van der Waals surface area contributed by atoms with E-state index < -0.39 is 0 Å². The van der Waals surface area contributed by atoms with E-state index in [1.54, 1.807) is 25.3 Å². The van der Waals surface area contributed by atoms with Gasteiger partial charge in [0.05, 0.1) is 6.26 Å². The number of furan rings is 1. The van der Waals surface area contributed by atoms with Crippen LogP contribution in [0.15, 0.2) is 22.8 Å². The van der Waals surface area contributed by atoms with Gasteiger partial charge in [0, 0.05) is 6.54 Å². The van der Waals surface area contributed by atoms with Gasteiger partial charge in [-0.2, -0.15) is 0 Å². The van der Waals surface area contributed by atoms with Gasteiger partial charge in [0.25, 0.3) is 0 Å². The Bertz CT molecular complexity index is 317. The summed E-state index contributed by atoms with van der Waals surface area (Å²) in [6.45, 7) is 9.14. The first-order valence-electron chi connectivity index (χ1n) is 6.11. The topological polar surface area (TPSA) is 42.7 Å². The van der Waals surface area contributed by atoms with E-state index in [1.165, 1.54) is 0 Å². The molecule has 0 fully saturated rings. The molecular weight excluding hydrogens is 218 g/mol. The third-order valence-corrected chi connectivity index (χ3v) is 2.87. The Morgan fingerprint density at radius 1 is 1.47 bits per heavy atom. The third-order valence-electron chi connectivity index (χ3n) is 2.87. The fraction of sp³-hybridized carbons (Fsp3) is 0.615. The van der Waals surface area contributed by atoms with Crippen LogP contribution in [0.2, 0.25) is 0 Å². The van der Waals surface area contributed by atoms with E-state index in [0.29, 0.717) is 12.4 Å². The number of rotatable bonds is 7. The Kier molecular flexibility index (Phi) is 5.77. The molecule has 1 atom stereocenters. The predicted octanol–water partition coefficient (Wildman–Crippen LogP) is 2.27. The summed E-state index contributed by atoms with van der Waals surface area (Å²) in [4.78, 5) is 13.9. The van der Waals surface area contributed by atoms with Gasteiger partial charge in [-0.05, 0) is 32.1 Å². The average Bonchev–Trinajstić information content (AvgIpc) is 2.87. The van der Waals surface area contributed by atoms with Crippen molar-refractivity contribution in [3.63, 3.8) is 0 Å². The van der Waals surface area contributed by atoms with E-state index in [0.717, 1.165) is 19.6 Å². The van der Waals surface area contributed by atoms with E-state index in [-0.39, 0.29) is 11.9 Å². The summed E-state index contributed by atoms with van der Waals surface area (Å²) in [6.07, 6.45) is 1.56. The molecule has 1 aromatic rings. The summed E-state index contributed by atoms with van der Waals surface area (Å²) >= 11 is 0. The van der Waals surface area contributed by atoms with Crippen LogP contribution in [0, 0.1) is 0 Å². The maximum Gasteiger partial charge on any atom is 0.316 e. The molecule has 0 aromatic carbocycles. The van der Waals surface area contributed by atoms with Crippen LogP contribution in [0.3, 0.4) is 0 Å². The summed E-state index contributed by atoms with van der Waals surface area (Å²) in [5.74, 6) is 0.0895. The number of carbonyl (C=O) groups is 1. The molecule has 0 aliphatic rings. The smallest absolute Gasteiger partial charge is 0.316 e. The van der Waals surface area contributed by atoms with Crippen molar-refractivity contribution in [2.24, 2.45) is 0 Å². The number of hydrogen-bond acceptors (Lipinski definition) is 4. The lowest BCUT2D eigenvalue weighted by atomic mass is 10.1. The molecule has 0 aliphatic carbocycles. The lowest BCUT2D eigenvalue weighted by molar-refractivity contribution is -0.145. The lowest BCUT2D eigenvalue weighted by Crippen LogP contribution is -2.28. The fourth-order valence-corrected chi connectivity index (χ4v) is 1.59. The number of hydrogen-bond donors (Lipinski definition) is 0. The normalized spacial score (nSPS) is 12.7. The number of likely N-dealkylation sites (N-methyl/N-ethyl adjacent to an activating group) is 1. The predicted molar refractivity (Wildman–Crippen MR) is 65.9 cm³/mol. The zero-order chi connectivity index (χ0) is 12.7. The summed E-state index contributed by atoms with van der Waals surface area (Å²) in [6, 6.07) is 3.56. The molecular formula is C13H21NO3. The molecule has 1 heterocycles. The second-order valence-electron chi connectivity index (χ2n) is 3.93. The highest BCUT2D eigenvalue weighted by atomic mass is 16.5. The maximum absolute atomic E-state index is 11.7. The van der Waals surface area contributed by atoms with Crippen molar-refractivity contribution in [3.05, 3.63) is 24.2 Å². The molecule has 96 valence electrons. The molecule has 0 aliphatic heterocycles. The van der Waals surface area contributed by atoms with Gasteiger partial charge < -0.3 is 14.1 Å². The van der Waals surface area contributed by atoms with Gasteiger partial charge >= 0.3 is 5.97 Å². The van der Waals surface area contributed by atoms with Crippen LogP contribution in [0.25, 0.3) is 0 Å². The minimum atomic E-state index is -0.332. The van der Waals surface area contributed by atoms with Gasteiger partial charge in [-0.1, -0.05) is 13.8 Å². The van der Waals surface area contributed by atoms with Crippen LogP contribution in [-0.4, -0.2) is 37.1 Å². The molecule has 1 aromatic heterocycles. The summed E-state index contributed by atoms with van der Waals surface area (Å²) in [5.41, 5.74) is 0. The zero-order valence-corrected chi connectivity index (χ0v) is 10.8. The van der Waals surface area contributed by atoms with Gasteiger partial charge in [0.2, 0.25) is 0 Å². The van der Waals surface area contributed by atoms with Crippen molar-refractivity contribution >= 4 is 5.97 Å². The second kappa shape index (κ2) is 7.12. The van der Waals surface area contributed by atoms with Crippen LogP contribution in [0.1, 0.15) is 32.4 Å². The van der Waals surface area contributed by atoms with Crippen molar-refractivity contribution in [1.82, 2.24) is 4.90 Å². The second-order valence-corrected chi connectivity index (χ2v) is 3.93. The minimum absolute atomic E-state index is 0.230. The molecule has 4 heteroatoms. The van der Waals surface area contributed by atoms with Crippen LogP contribution in [0.4, 0.5) is 0 Å². The monoisotopic (exact) mass is 239 g/mol. The van der Waals surface area contributed by atoms with E-state index in [2.05, 4.69) is 18.7 Å². The Morgan fingerprint density at radius 2 is 2.18 bits per heavy atom. The third kappa shape index (κ3) is 4.23. The lowest BCUT2D eigenvalue weighted by Gasteiger charge is -2.18. The minimum Gasteiger partial charge on any atom is -0.468 e. The molecule has 0 amide bonds. The van der Waals surface area contributed by atoms with Gasteiger partial charge in [0.15, 0.2) is 0 Å². The van der Waals surface area contributed by atoms with Crippen molar-refractivity contribution < 1.29 is 13.9 Å². The number of ether oxygens (including phenoxy) is 1. The molecule has 4 nitrogen and oxygen atoms in total. The van der Waals surface area contributed by atoms with Crippen LogP contribution >= 0.6 is 0 Å². The molecule has 0 saturated carbocycles. The van der Waals surface area contributed by atoms with Crippen molar-refractivity contribution in [2.45, 2.75) is 26.7 Å². The molecule has 0 radical (unpaired) electrons. The molecule has 1 unspecified atom stereocenters. The van der Waals surface area contributed by atoms with Gasteiger partial charge in [-0.15, -0.1) is 0 Å². The Balaban J connectivity index is 2.30. The van der Waals surface area contributed by atoms with Crippen LogP contribution in [-0.2, 0) is 9.53 Å². The Hall–Kier alpha value is -1.29. The fourth-order valence-electron chi connectivity index (χ4n) is 1.59. The summed E-state index contributed by atoms with van der Waals surface area (Å²) in [7, 11) is 0. The highest BCUT2D eigenvalue weighted by Crippen LogP contribution is 2.16. The van der Waals surface area contributed by atoms with Gasteiger partial charge in [0.1, 0.15) is 18.3 Å². The van der Waals surface area contributed by atoms with Gasteiger partial charge in [-0.25, -0.2) is 0 Å². The van der Waals surface area contributed by atoms with E-state index in [1.807, 2.05) is 0 Å². The van der Waals surface area contributed by atoms with Gasteiger partial charge in [-0.3, -0.25) is 4.79 Å². The molecule has 0 N–H and O–H groups in total.